The van der Waals surface area contributed by atoms with Gasteiger partial charge in [0.25, 0.3) is 0 Å². The molecule has 5 nitrogen and oxygen atoms in total. The van der Waals surface area contributed by atoms with Crippen molar-refractivity contribution in [2.45, 2.75) is 52.5 Å². The van der Waals surface area contributed by atoms with Crippen molar-refractivity contribution in [1.82, 2.24) is 4.90 Å². The lowest BCUT2D eigenvalue weighted by atomic mass is 9.88. The van der Waals surface area contributed by atoms with E-state index in [1.807, 2.05) is 6.07 Å². The zero-order valence-electron chi connectivity index (χ0n) is 18.6. The van der Waals surface area contributed by atoms with Crippen molar-refractivity contribution < 1.29 is 20.4 Å². The molecule has 166 valence electrons. The minimum Gasteiger partial charge on any atom is -0.504 e. The van der Waals surface area contributed by atoms with Gasteiger partial charge < -0.3 is 20.4 Å². The molecule has 31 heavy (non-hydrogen) atoms. The zero-order valence-corrected chi connectivity index (χ0v) is 18.6. The van der Waals surface area contributed by atoms with Crippen molar-refractivity contribution in [3.05, 3.63) is 70.3 Å². The van der Waals surface area contributed by atoms with Crippen molar-refractivity contribution >= 4 is 0 Å². The maximum Gasteiger partial charge on any atom is 0.157 e. The largest absolute Gasteiger partial charge is 0.504 e. The molecule has 1 aliphatic heterocycles. The van der Waals surface area contributed by atoms with Crippen LogP contribution in [0.15, 0.2) is 53.6 Å². The molecule has 0 unspecified atom stereocenters. The fourth-order valence-corrected chi connectivity index (χ4v) is 4.12. The third kappa shape index (κ3) is 5.82. The summed E-state index contributed by atoms with van der Waals surface area (Å²) in [6.45, 7) is 8.01. The Hall–Kier alpha value is -2.92. The lowest BCUT2D eigenvalue weighted by Gasteiger charge is -2.37. The van der Waals surface area contributed by atoms with E-state index in [4.69, 9.17) is 0 Å². The number of hydrogen-bond donors (Lipinski definition) is 4. The number of rotatable bonds is 7. The van der Waals surface area contributed by atoms with Crippen molar-refractivity contribution in [3.8, 4) is 23.0 Å². The van der Waals surface area contributed by atoms with E-state index < -0.39 is 0 Å². The maximum absolute atomic E-state index is 10.1. The number of phenols is 4. The van der Waals surface area contributed by atoms with E-state index in [0.717, 1.165) is 49.0 Å². The minimum atomic E-state index is -0.137. The third-order valence-electron chi connectivity index (χ3n) is 5.94. The van der Waals surface area contributed by atoms with Crippen LogP contribution in [-0.4, -0.2) is 38.4 Å². The highest BCUT2D eigenvalue weighted by Gasteiger charge is 2.28. The van der Waals surface area contributed by atoms with Gasteiger partial charge in [-0.3, -0.25) is 4.90 Å². The van der Waals surface area contributed by atoms with E-state index in [1.165, 1.54) is 17.2 Å². The van der Waals surface area contributed by atoms with Gasteiger partial charge in [-0.15, -0.1) is 0 Å². The van der Waals surface area contributed by atoms with Crippen LogP contribution in [0.5, 0.6) is 23.0 Å². The van der Waals surface area contributed by atoms with Gasteiger partial charge in [-0.25, -0.2) is 0 Å². The first kappa shape index (κ1) is 22.8. The Labute approximate surface area is 184 Å². The van der Waals surface area contributed by atoms with Crippen LogP contribution in [0.4, 0.5) is 0 Å². The maximum atomic E-state index is 10.1. The fourth-order valence-electron chi connectivity index (χ4n) is 4.12. The second kappa shape index (κ2) is 9.92. The number of allylic oxidation sites excluding steroid dienone is 3. The summed E-state index contributed by atoms with van der Waals surface area (Å²) in [5, 5.41) is 39.6. The van der Waals surface area contributed by atoms with E-state index in [9.17, 15) is 20.4 Å². The van der Waals surface area contributed by atoms with Gasteiger partial charge in [0.1, 0.15) is 0 Å². The van der Waals surface area contributed by atoms with Gasteiger partial charge in [-0.1, -0.05) is 29.4 Å². The van der Waals surface area contributed by atoms with E-state index in [2.05, 4.69) is 37.8 Å². The summed E-state index contributed by atoms with van der Waals surface area (Å²) >= 11 is 0. The summed E-state index contributed by atoms with van der Waals surface area (Å²) in [4.78, 5) is 2.37. The highest BCUT2D eigenvalue weighted by Crippen LogP contribution is 2.39. The second-order valence-electron chi connectivity index (χ2n) is 8.70. The summed E-state index contributed by atoms with van der Waals surface area (Å²) in [5.41, 5.74) is 5.60. The van der Waals surface area contributed by atoms with Gasteiger partial charge >= 0.3 is 0 Å². The molecule has 0 saturated heterocycles. The van der Waals surface area contributed by atoms with E-state index >= 15 is 0 Å². The molecular weight excluding hydrogens is 390 g/mol. The van der Waals surface area contributed by atoms with Crippen LogP contribution in [0.1, 0.15) is 56.3 Å². The SMILES string of the molecule is CC(C)=CCC/C(C)=C/CN1CCc2cc(O)c(O)cc2[C@H]1Cc1ccc(O)c(O)c1. The first-order valence-corrected chi connectivity index (χ1v) is 10.8. The molecule has 0 fully saturated rings. The molecule has 0 aliphatic carbocycles. The molecule has 0 radical (unpaired) electrons. The summed E-state index contributed by atoms with van der Waals surface area (Å²) in [6, 6.07) is 8.20. The molecule has 0 saturated carbocycles. The van der Waals surface area contributed by atoms with E-state index in [1.54, 1.807) is 18.2 Å². The molecule has 1 aliphatic rings. The van der Waals surface area contributed by atoms with Crippen molar-refractivity contribution in [1.29, 1.82) is 0 Å². The van der Waals surface area contributed by atoms with Crippen LogP contribution in [0, 0.1) is 0 Å². The topological polar surface area (TPSA) is 84.2 Å². The number of hydrogen-bond acceptors (Lipinski definition) is 5. The molecule has 0 bridgehead atoms. The Bertz CT molecular complexity index is 989. The summed E-state index contributed by atoms with van der Waals surface area (Å²) in [7, 11) is 0. The number of fused-ring (bicyclic) bond motifs is 1. The van der Waals surface area contributed by atoms with Crippen LogP contribution >= 0.6 is 0 Å². The molecule has 4 N–H and O–H groups in total. The first-order valence-electron chi connectivity index (χ1n) is 10.8. The first-order chi connectivity index (χ1) is 14.7. The molecule has 1 heterocycles. The normalized spacial score (nSPS) is 16.7. The molecule has 2 aromatic rings. The van der Waals surface area contributed by atoms with Crippen molar-refractivity contribution in [2.75, 3.05) is 13.1 Å². The van der Waals surface area contributed by atoms with Crippen LogP contribution in [-0.2, 0) is 12.8 Å². The van der Waals surface area contributed by atoms with Gasteiger partial charge in [0.05, 0.1) is 0 Å². The standard InChI is InChI=1S/C26H33NO4/c1-17(2)5-4-6-18(3)9-11-27-12-10-20-15-25(30)26(31)16-21(20)22(27)13-19-7-8-23(28)24(29)14-19/h5,7-9,14-16,22,28-31H,4,6,10-13H2,1-3H3/b18-9+/t22-/m1/s1. The lowest BCUT2D eigenvalue weighted by Crippen LogP contribution is -2.36. The van der Waals surface area contributed by atoms with Gasteiger partial charge in [-0.05, 0) is 87.4 Å². The Morgan fingerprint density at radius 1 is 0.935 bits per heavy atom. The van der Waals surface area contributed by atoms with Gasteiger partial charge in [-0.2, -0.15) is 0 Å². The Balaban J connectivity index is 1.85. The summed E-state index contributed by atoms with van der Waals surface area (Å²) in [6.07, 6.45) is 8.01. The molecule has 0 amide bonds. The number of nitrogens with zero attached hydrogens (tertiary/aromatic N) is 1. The van der Waals surface area contributed by atoms with Gasteiger partial charge in [0.2, 0.25) is 0 Å². The third-order valence-corrected chi connectivity index (χ3v) is 5.94. The van der Waals surface area contributed by atoms with Crippen LogP contribution in [0.2, 0.25) is 0 Å². The van der Waals surface area contributed by atoms with Gasteiger partial charge in [0.15, 0.2) is 23.0 Å². The lowest BCUT2D eigenvalue weighted by molar-refractivity contribution is 0.203. The molecule has 5 heteroatoms. The number of benzene rings is 2. The average Bonchev–Trinajstić information content (AvgIpc) is 2.71. The van der Waals surface area contributed by atoms with Crippen LogP contribution < -0.4 is 0 Å². The Morgan fingerprint density at radius 2 is 1.65 bits per heavy atom. The molecular formula is C26H33NO4. The predicted octanol–water partition coefficient (Wildman–Crippen LogP) is 5.34. The average molecular weight is 424 g/mol. The monoisotopic (exact) mass is 423 g/mol. The molecule has 2 aromatic carbocycles. The van der Waals surface area contributed by atoms with Crippen molar-refractivity contribution in [2.24, 2.45) is 0 Å². The smallest absolute Gasteiger partial charge is 0.157 e. The van der Waals surface area contributed by atoms with E-state index in [0.29, 0.717) is 6.42 Å². The summed E-state index contributed by atoms with van der Waals surface area (Å²) < 4.78 is 0. The number of aromatic hydroxyl groups is 4. The molecule has 1 atom stereocenters. The fraction of sp³-hybridized carbons (Fsp3) is 0.385. The van der Waals surface area contributed by atoms with E-state index in [-0.39, 0.29) is 29.0 Å². The molecule has 0 aromatic heterocycles. The second-order valence-corrected chi connectivity index (χ2v) is 8.70. The summed E-state index contributed by atoms with van der Waals surface area (Å²) in [5.74, 6) is -0.485. The highest BCUT2D eigenvalue weighted by molar-refractivity contribution is 5.49. The minimum absolute atomic E-state index is 0.0129. The molecule has 3 rings (SSSR count). The van der Waals surface area contributed by atoms with Gasteiger partial charge in [0, 0.05) is 19.1 Å². The Morgan fingerprint density at radius 3 is 2.35 bits per heavy atom. The Kier molecular flexibility index (Phi) is 7.29. The molecule has 0 spiro atoms. The van der Waals surface area contributed by atoms with Crippen LogP contribution in [0.3, 0.4) is 0 Å². The quantitative estimate of drug-likeness (QED) is 0.357. The highest BCUT2D eigenvalue weighted by atomic mass is 16.3. The van der Waals surface area contributed by atoms with Crippen molar-refractivity contribution in [3.63, 3.8) is 0 Å². The number of phenolic OH excluding ortho intramolecular Hbond substituents is 4. The van der Waals surface area contributed by atoms with Crippen LogP contribution in [0.25, 0.3) is 0 Å². The predicted molar refractivity (Wildman–Crippen MR) is 124 cm³/mol. The zero-order chi connectivity index (χ0) is 22.5.